The maximum absolute atomic E-state index is 12.3. The van der Waals surface area contributed by atoms with E-state index in [0.29, 0.717) is 11.3 Å². The van der Waals surface area contributed by atoms with E-state index in [4.69, 9.17) is 14.7 Å². The summed E-state index contributed by atoms with van der Waals surface area (Å²) in [7, 11) is 1.32. The second kappa shape index (κ2) is 9.18. The van der Waals surface area contributed by atoms with E-state index in [-0.39, 0.29) is 17.9 Å². The van der Waals surface area contributed by atoms with Crippen molar-refractivity contribution in [2.75, 3.05) is 7.11 Å². The molecule has 0 aliphatic carbocycles. The standard InChI is InChI=1S/C19H15F2NO4/c1-24-17-12-14(4-8-16(17)26-19(20)21)5-9-18(23)25-15-6-2-13(3-7-15)10-11-22/h2-9,12,19H,10H2,1H3/b9-5+. The molecule has 0 bridgehead atoms. The molecule has 0 spiro atoms. The van der Waals surface area contributed by atoms with Crippen LogP contribution in [-0.2, 0) is 11.2 Å². The minimum absolute atomic E-state index is 0.0975. The Bertz CT molecular complexity index is 826. The van der Waals surface area contributed by atoms with Crippen molar-refractivity contribution in [2.24, 2.45) is 0 Å². The van der Waals surface area contributed by atoms with Gasteiger partial charge < -0.3 is 14.2 Å². The number of nitriles is 1. The Morgan fingerprint density at radius 3 is 2.54 bits per heavy atom. The van der Waals surface area contributed by atoms with Gasteiger partial charge in [0.15, 0.2) is 11.5 Å². The Morgan fingerprint density at radius 2 is 1.92 bits per heavy atom. The lowest BCUT2D eigenvalue weighted by atomic mass is 10.1. The van der Waals surface area contributed by atoms with Gasteiger partial charge in [-0.2, -0.15) is 14.0 Å². The Balaban J connectivity index is 2.02. The van der Waals surface area contributed by atoms with Gasteiger partial charge in [-0.15, -0.1) is 0 Å². The lowest BCUT2D eigenvalue weighted by Crippen LogP contribution is -2.04. The summed E-state index contributed by atoms with van der Waals surface area (Å²) in [6, 6.07) is 12.9. The van der Waals surface area contributed by atoms with Crippen molar-refractivity contribution in [2.45, 2.75) is 13.0 Å². The number of alkyl halides is 2. The normalized spacial score (nSPS) is 10.6. The zero-order valence-corrected chi connectivity index (χ0v) is 13.8. The van der Waals surface area contributed by atoms with Gasteiger partial charge in [0, 0.05) is 6.08 Å². The maximum Gasteiger partial charge on any atom is 0.387 e. The average molecular weight is 359 g/mol. The Hall–Kier alpha value is -3.40. The molecule has 0 radical (unpaired) electrons. The number of hydrogen-bond acceptors (Lipinski definition) is 5. The molecule has 0 aliphatic heterocycles. The summed E-state index contributed by atoms with van der Waals surface area (Å²) in [5.41, 5.74) is 1.37. The van der Waals surface area contributed by atoms with E-state index < -0.39 is 12.6 Å². The Kier molecular flexibility index (Phi) is 6.68. The summed E-state index contributed by atoms with van der Waals surface area (Å²) >= 11 is 0. The highest BCUT2D eigenvalue weighted by Crippen LogP contribution is 2.29. The zero-order chi connectivity index (χ0) is 18.9. The maximum atomic E-state index is 12.3. The van der Waals surface area contributed by atoms with Crippen molar-refractivity contribution < 1.29 is 27.8 Å². The Labute approximate surface area is 149 Å². The molecule has 0 aliphatic rings. The van der Waals surface area contributed by atoms with E-state index in [0.717, 1.165) is 5.56 Å². The summed E-state index contributed by atoms with van der Waals surface area (Å²) in [6.45, 7) is -2.96. The smallest absolute Gasteiger partial charge is 0.387 e. The van der Waals surface area contributed by atoms with E-state index in [1.807, 2.05) is 6.07 Å². The number of rotatable bonds is 7. The fourth-order valence-corrected chi connectivity index (χ4v) is 2.06. The second-order valence-electron chi connectivity index (χ2n) is 5.02. The van der Waals surface area contributed by atoms with Crippen LogP contribution >= 0.6 is 0 Å². The summed E-state index contributed by atoms with van der Waals surface area (Å²) in [4.78, 5) is 11.8. The average Bonchev–Trinajstić information content (AvgIpc) is 2.62. The zero-order valence-electron chi connectivity index (χ0n) is 13.8. The number of nitrogens with zero attached hydrogens (tertiary/aromatic N) is 1. The van der Waals surface area contributed by atoms with Crippen molar-refractivity contribution in [1.82, 2.24) is 0 Å². The molecule has 0 fully saturated rings. The van der Waals surface area contributed by atoms with Gasteiger partial charge in [-0.25, -0.2) is 4.79 Å². The third-order valence-corrected chi connectivity index (χ3v) is 3.24. The number of carbonyl (C=O) groups is 1. The third-order valence-electron chi connectivity index (χ3n) is 3.24. The minimum atomic E-state index is -2.96. The molecule has 7 heteroatoms. The molecule has 0 aromatic heterocycles. The summed E-state index contributed by atoms with van der Waals surface area (Å²) < 4.78 is 39.1. The fraction of sp³-hybridized carbons (Fsp3) is 0.158. The molecule has 2 rings (SSSR count). The summed E-state index contributed by atoms with van der Waals surface area (Å²) in [5.74, 6) is -0.238. The number of hydrogen-bond donors (Lipinski definition) is 0. The Morgan fingerprint density at radius 1 is 1.19 bits per heavy atom. The molecule has 0 amide bonds. The molecule has 0 heterocycles. The van der Waals surface area contributed by atoms with Gasteiger partial charge in [-0.1, -0.05) is 18.2 Å². The first-order valence-corrected chi connectivity index (χ1v) is 7.50. The van der Waals surface area contributed by atoms with Crippen molar-refractivity contribution in [3.63, 3.8) is 0 Å². The van der Waals surface area contributed by atoms with Crippen molar-refractivity contribution >= 4 is 12.0 Å². The van der Waals surface area contributed by atoms with Gasteiger partial charge >= 0.3 is 12.6 Å². The SMILES string of the molecule is COc1cc(/C=C/C(=O)Oc2ccc(CC#N)cc2)ccc1OC(F)F. The predicted octanol–water partition coefficient (Wildman–Crippen LogP) is 3.98. The van der Waals surface area contributed by atoms with E-state index in [1.165, 1.54) is 37.5 Å². The third kappa shape index (κ3) is 5.60. The number of esters is 1. The van der Waals surface area contributed by atoms with Crippen LogP contribution in [0, 0.1) is 11.3 Å². The highest BCUT2D eigenvalue weighted by atomic mass is 19.3. The monoisotopic (exact) mass is 359 g/mol. The summed E-state index contributed by atoms with van der Waals surface area (Å²) in [5, 5.41) is 8.61. The van der Waals surface area contributed by atoms with Gasteiger partial charge in [0.25, 0.3) is 0 Å². The highest BCUT2D eigenvalue weighted by Gasteiger charge is 2.10. The molecule has 26 heavy (non-hydrogen) atoms. The molecular weight excluding hydrogens is 344 g/mol. The summed E-state index contributed by atoms with van der Waals surface area (Å²) in [6.07, 6.45) is 2.94. The van der Waals surface area contributed by atoms with Crippen LogP contribution in [0.15, 0.2) is 48.5 Å². The topological polar surface area (TPSA) is 68.5 Å². The number of ether oxygens (including phenoxy) is 3. The lowest BCUT2D eigenvalue weighted by Gasteiger charge is -2.10. The van der Waals surface area contributed by atoms with Gasteiger partial charge in [-0.05, 0) is 41.5 Å². The number of benzene rings is 2. The van der Waals surface area contributed by atoms with Crippen LogP contribution in [0.1, 0.15) is 11.1 Å². The number of halogens is 2. The molecule has 0 atom stereocenters. The van der Waals surface area contributed by atoms with Crippen molar-refractivity contribution in [3.05, 3.63) is 59.7 Å². The molecule has 0 saturated carbocycles. The minimum Gasteiger partial charge on any atom is -0.493 e. The molecule has 2 aromatic rings. The van der Waals surface area contributed by atoms with Crippen molar-refractivity contribution in [1.29, 1.82) is 5.26 Å². The van der Waals surface area contributed by atoms with Gasteiger partial charge in [0.05, 0.1) is 19.6 Å². The van der Waals surface area contributed by atoms with Crippen LogP contribution in [-0.4, -0.2) is 19.7 Å². The fourth-order valence-electron chi connectivity index (χ4n) is 2.06. The molecule has 0 N–H and O–H groups in total. The highest BCUT2D eigenvalue weighted by molar-refractivity contribution is 5.88. The molecule has 0 saturated heterocycles. The largest absolute Gasteiger partial charge is 0.493 e. The van der Waals surface area contributed by atoms with E-state index >= 15 is 0 Å². The van der Waals surface area contributed by atoms with E-state index in [1.54, 1.807) is 24.3 Å². The first-order valence-electron chi connectivity index (χ1n) is 7.50. The molecule has 2 aromatic carbocycles. The first kappa shape index (κ1) is 18.9. The van der Waals surface area contributed by atoms with Crippen LogP contribution in [0.5, 0.6) is 17.2 Å². The van der Waals surface area contributed by atoms with Crippen LogP contribution < -0.4 is 14.2 Å². The second-order valence-corrected chi connectivity index (χ2v) is 5.02. The van der Waals surface area contributed by atoms with E-state index in [2.05, 4.69) is 4.74 Å². The van der Waals surface area contributed by atoms with Crippen molar-refractivity contribution in [3.8, 4) is 23.3 Å². The molecular formula is C19H15F2NO4. The van der Waals surface area contributed by atoms with Crippen LogP contribution in [0.25, 0.3) is 6.08 Å². The number of methoxy groups -OCH3 is 1. The van der Waals surface area contributed by atoms with Crippen LogP contribution in [0.2, 0.25) is 0 Å². The quantitative estimate of drug-likeness (QED) is 0.425. The predicted molar refractivity (Wildman–Crippen MR) is 90.1 cm³/mol. The molecule has 0 unspecified atom stereocenters. The number of carbonyl (C=O) groups excluding carboxylic acids is 1. The van der Waals surface area contributed by atoms with Crippen LogP contribution in [0.3, 0.4) is 0 Å². The van der Waals surface area contributed by atoms with Gasteiger partial charge in [-0.3, -0.25) is 0 Å². The molecule has 5 nitrogen and oxygen atoms in total. The lowest BCUT2D eigenvalue weighted by molar-refractivity contribution is -0.128. The van der Waals surface area contributed by atoms with Gasteiger partial charge in [0.1, 0.15) is 5.75 Å². The van der Waals surface area contributed by atoms with E-state index in [9.17, 15) is 13.6 Å². The molecule has 134 valence electrons. The first-order chi connectivity index (χ1) is 12.5. The van der Waals surface area contributed by atoms with Crippen LogP contribution in [0.4, 0.5) is 8.78 Å². The van der Waals surface area contributed by atoms with Gasteiger partial charge in [0.2, 0.25) is 0 Å².